The van der Waals surface area contributed by atoms with Crippen molar-refractivity contribution in [2.45, 2.75) is 63.5 Å². The Bertz CT molecular complexity index is 822. The summed E-state index contributed by atoms with van der Waals surface area (Å²) < 4.78 is 21.8. The Morgan fingerprint density at radius 2 is 1.85 bits per heavy atom. The first-order chi connectivity index (χ1) is 13.1. The molecule has 1 heterocycles. The highest BCUT2D eigenvalue weighted by Crippen LogP contribution is 2.37. The summed E-state index contributed by atoms with van der Waals surface area (Å²) in [5.41, 5.74) is 3.75. The predicted molar refractivity (Wildman–Crippen MR) is 109 cm³/mol. The van der Waals surface area contributed by atoms with Crippen LogP contribution in [0.4, 0.5) is 0 Å². The van der Waals surface area contributed by atoms with Crippen LogP contribution in [0.25, 0.3) is 0 Å². The largest absolute Gasteiger partial charge is 0.772 e. The van der Waals surface area contributed by atoms with Gasteiger partial charge in [0.2, 0.25) is 0 Å². The Hall–Kier alpha value is -1.72. The second kappa shape index (κ2) is 9.47. The Kier molecular flexibility index (Phi) is 7.02. The van der Waals surface area contributed by atoms with Crippen LogP contribution in [0, 0.1) is 5.92 Å². The van der Waals surface area contributed by atoms with Crippen molar-refractivity contribution >= 4 is 11.1 Å². The number of pyridine rings is 1. The molecule has 1 aromatic carbocycles. The summed E-state index contributed by atoms with van der Waals surface area (Å²) in [4.78, 5) is 15.6. The molecule has 0 spiro atoms. The lowest BCUT2D eigenvalue weighted by Crippen LogP contribution is -2.18. The number of rotatable bonds is 8. The predicted octanol–water partition coefficient (Wildman–Crippen LogP) is 4.42. The molecule has 1 aromatic heterocycles. The third-order valence-electron chi connectivity index (χ3n) is 5.62. The van der Waals surface area contributed by atoms with Crippen LogP contribution in [0.15, 0.2) is 41.2 Å². The van der Waals surface area contributed by atoms with Gasteiger partial charge in [-0.05, 0) is 36.0 Å². The van der Waals surface area contributed by atoms with Crippen molar-refractivity contribution in [1.82, 2.24) is 4.98 Å². The minimum Gasteiger partial charge on any atom is -0.772 e. The zero-order valence-corrected chi connectivity index (χ0v) is 16.7. The number of aryl methyl sites for hydroxylation is 1. The van der Waals surface area contributed by atoms with Crippen LogP contribution in [-0.4, -0.2) is 13.7 Å². The van der Waals surface area contributed by atoms with Crippen LogP contribution < -0.4 is 5.56 Å². The van der Waals surface area contributed by atoms with E-state index >= 15 is 0 Å². The van der Waals surface area contributed by atoms with Gasteiger partial charge < -0.3 is 9.54 Å². The van der Waals surface area contributed by atoms with Crippen molar-refractivity contribution in [3.63, 3.8) is 0 Å². The van der Waals surface area contributed by atoms with Crippen LogP contribution in [0.5, 0.6) is 0 Å². The molecule has 0 amide bonds. The molecule has 0 saturated heterocycles. The van der Waals surface area contributed by atoms with E-state index in [1.54, 1.807) is 0 Å². The number of hydrogen-bond donors (Lipinski definition) is 1. The van der Waals surface area contributed by atoms with E-state index in [4.69, 9.17) is 0 Å². The van der Waals surface area contributed by atoms with Crippen molar-refractivity contribution < 1.29 is 8.76 Å². The van der Waals surface area contributed by atoms with E-state index in [1.165, 1.54) is 25.7 Å². The topological polar surface area (TPSA) is 73.0 Å². The Balaban J connectivity index is 1.89. The van der Waals surface area contributed by atoms with Gasteiger partial charge in [0.1, 0.15) is 0 Å². The number of hydrogen-bond acceptors (Lipinski definition) is 3. The summed E-state index contributed by atoms with van der Waals surface area (Å²) >= 11 is -2.08. The van der Waals surface area contributed by atoms with Gasteiger partial charge >= 0.3 is 0 Å². The molecule has 2 atom stereocenters. The Morgan fingerprint density at radius 1 is 1.15 bits per heavy atom. The van der Waals surface area contributed by atoms with Gasteiger partial charge in [-0.2, -0.15) is 0 Å². The third kappa shape index (κ3) is 5.39. The summed E-state index contributed by atoms with van der Waals surface area (Å²) in [7, 11) is 0. The molecule has 146 valence electrons. The van der Waals surface area contributed by atoms with Crippen molar-refractivity contribution in [1.29, 1.82) is 0 Å². The van der Waals surface area contributed by atoms with E-state index in [9.17, 15) is 13.6 Å². The second-order valence-corrected chi connectivity index (χ2v) is 8.54. The molecule has 1 aliphatic carbocycles. The second-order valence-electron chi connectivity index (χ2n) is 7.65. The molecule has 0 radical (unpaired) electrons. The molecule has 1 saturated carbocycles. The van der Waals surface area contributed by atoms with E-state index in [-0.39, 0.29) is 17.2 Å². The first kappa shape index (κ1) is 20.0. The van der Waals surface area contributed by atoms with Gasteiger partial charge in [-0.15, -0.1) is 0 Å². The van der Waals surface area contributed by atoms with E-state index in [0.29, 0.717) is 5.92 Å². The lowest BCUT2D eigenvalue weighted by Gasteiger charge is -2.22. The highest BCUT2D eigenvalue weighted by molar-refractivity contribution is 7.78. The molecule has 1 aliphatic rings. The van der Waals surface area contributed by atoms with Crippen LogP contribution in [-0.2, 0) is 23.3 Å². The van der Waals surface area contributed by atoms with Crippen LogP contribution in [0.3, 0.4) is 0 Å². The lowest BCUT2D eigenvalue weighted by molar-refractivity contribution is 0.468. The van der Waals surface area contributed by atoms with Gasteiger partial charge in [-0.1, -0.05) is 80.4 Å². The fourth-order valence-electron chi connectivity index (χ4n) is 4.19. The van der Waals surface area contributed by atoms with Gasteiger partial charge in [-0.25, -0.2) is 0 Å². The maximum Gasteiger partial charge on any atom is 0.251 e. The fraction of sp³-hybridized carbons (Fsp3) is 0.500. The summed E-state index contributed by atoms with van der Waals surface area (Å²) in [6, 6.07) is 11.8. The molecule has 27 heavy (non-hydrogen) atoms. The lowest BCUT2D eigenvalue weighted by atomic mass is 9.85. The van der Waals surface area contributed by atoms with Crippen molar-refractivity contribution in [2.75, 3.05) is 0 Å². The average molecular weight is 387 g/mol. The minimum atomic E-state index is -2.08. The quantitative estimate of drug-likeness (QED) is 0.683. The zero-order valence-electron chi connectivity index (χ0n) is 15.9. The number of H-pyrrole nitrogens is 1. The van der Waals surface area contributed by atoms with Crippen molar-refractivity contribution in [3.8, 4) is 0 Å². The number of benzene rings is 1. The molecule has 1 N–H and O–H groups in total. The van der Waals surface area contributed by atoms with Gasteiger partial charge in [0.15, 0.2) is 0 Å². The van der Waals surface area contributed by atoms with Crippen molar-refractivity contribution in [3.05, 3.63) is 69.1 Å². The molecular weight excluding hydrogens is 358 g/mol. The Labute approximate surface area is 163 Å². The molecule has 0 aliphatic heterocycles. The normalized spacial score (nSPS) is 17.1. The number of aromatic amines is 1. The van der Waals surface area contributed by atoms with Crippen LogP contribution in [0.2, 0.25) is 0 Å². The number of nitrogens with one attached hydrogen (secondary N) is 1. The first-order valence-corrected chi connectivity index (χ1v) is 11.2. The molecule has 0 bridgehead atoms. The first-order valence-electron chi connectivity index (χ1n) is 9.93. The Morgan fingerprint density at radius 3 is 2.44 bits per heavy atom. The number of aromatic nitrogens is 1. The molecule has 4 nitrogen and oxygen atoms in total. The molecule has 3 rings (SSSR count). The van der Waals surface area contributed by atoms with Crippen LogP contribution in [0.1, 0.15) is 73.8 Å². The molecule has 5 heteroatoms. The summed E-state index contributed by atoms with van der Waals surface area (Å²) in [6.45, 7) is 2.08. The monoisotopic (exact) mass is 386 g/mol. The van der Waals surface area contributed by atoms with Gasteiger partial charge in [0.05, 0.1) is 0 Å². The fourth-order valence-corrected chi connectivity index (χ4v) is 4.66. The smallest absolute Gasteiger partial charge is 0.251 e. The average Bonchev–Trinajstić information content (AvgIpc) is 3.15. The van der Waals surface area contributed by atoms with Gasteiger partial charge in [0, 0.05) is 22.9 Å². The highest BCUT2D eigenvalue weighted by Gasteiger charge is 2.23. The third-order valence-corrected chi connectivity index (χ3v) is 6.19. The molecule has 2 unspecified atom stereocenters. The molecule has 2 aromatic rings. The molecule has 1 fully saturated rings. The zero-order chi connectivity index (χ0) is 19.2. The SMILES string of the molecule is CCCc1ccc(C(CC2CCCC2)c2ccc(CS(=O)[O-])cc2)[nH]c1=O. The van der Waals surface area contributed by atoms with E-state index < -0.39 is 11.1 Å². The summed E-state index contributed by atoms with van der Waals surface area (Å²) in [5.74, 6) is 0.863. The van der Waals surface area contributed by atoms with E-state index in [2.05, 4.69) is 18.0 Å². The van der Waals surface area contributed by atoms with Gasteiger partial charge in [0.25, 0.3) is 5.56 Å². The maximum atomic E-state index is 12.5. The van der Waals surface area contributed by atoms with Crippen LogP contribution >= 0.6 is 0 Å². The highest BCUT2D eigenvalue weighted by atomic mass is 32.2. The summed E-state index contributed by atoms with van der Waals surface area (Å²) in [5, 5.41) is 0. The molecular formula is C22H28NO3S-. The van der Waals surface area contributed by atoms with E-state index in [0.717, 1.165) is 41.6 Å². The maximum absolute atomic E-state index is 12.5. The van der Waals surface area contributed by atoms with E-state index in [1.807, 2.05) is 30.3 Å². The standard InChI is InChI=1S/C22H29NO3S/c1-2-5-19-12-13-21(23-22(19)24)20(14-16-6-3-4-7-16)18-10-8-17(9-11-18)15-27(25)26/h8-13,16,20H,2-7,14-15H2,1H3,(H,23,24)(H,25,26)/p-1. The van der Waals surface area contributed by atoms with Crippen molar-refractivity contribution in [2.24, 2.45) is 5.92 Å². The minimum absolute atomic E-state index is 0.0177. The summed E-state index contributed by atoms with van der Waals surface area (Å²) in [6.07, 6.45) is 7.86. The van der Waals surface area contributed by atoms with Gasteiger partial charge in [-0.3, -0.25) is 9.00 Å².